The van der Waals surface area contributed by atoms with Crippen molar-refractivity contribution in [2.75, 3.05) is 111 Å². The van der Waals surface area contributed by atoms with Gasteiger partial charge in [-0.25, -0.2) is 0 Å². The van der Waals surface area contributed by atoms with Crippen molar-refractivity contribution in [3.05, 3.63) is 266 Å². The molecule has 0 spiro atoms. The molecule has 4 heteroatoms. The average molecular weight is 1460 g/mol. The number of aryl methyl sites for hydroxylation is 2. The van der Waals surface area contributed by atoms with Crippen molar-refractivity contribution in [1.29, 1.82) is 0 Å². The zero-order valence-corrected chi connectivity index (χ0v) is 72.0. The van der Waals surface area contributed by atoms with Crippen molar-refractivity contribution in [2.45, 2.75) is 184 Å². The van der Waals surface area contributed by atoms with Gasteiger partial charge in [0.1, 0.15) is 0 Å². The van der Waals surface area contributed by atoms with Crippen LogP contribution in [-0.2, 0) is 0 Å². The first kappa shape index (κ1) is 92.4. The van der Waals surface area contributed by atoms with E-state index in [0.29, 0.717) is 0 Å². The Morgan fingerprint density at radius 3 is 0.500 bits per heavy atom. The molecule has 0 amide bonds. The number of quaternary nitrogens is 4. The molecule has 0 unspecified atom stereocenters. The maximum atomic E-state index is 2.33. The van der Waals surface area contributed by atoms with E-state index in [2.05, 4.69) is 381 Å². The molecule has 0 fully saturated rings. The molecule has 4 nitrogen and oxygen atoms in total. The summed E-state index contributed by atoms with van der Waals surface area (Å²) in [7, 11) is 27.2. The van der Waals surface area contributed by atoms with Gasteiger partial charge in [0.05, 0.1) is 111 Å². The maximum absolute atomic E-state index is 2.33. The van der Waals surface area contributed by atoms with Crippen LogP contribution in [0.4, 0.5) is 0 Å². The van der Waals surface area contributed by atoms with Gasteiger partial charge in [0.15, 0.2) is 0 Å². The molecule has 0 bridgehead atoms. The lowest BCUT2D eigenvalue weighted by atomic mass is 9.81. The van der Waals surface area contributed by atoms with Crippen LogP contribution in [0.25, 0.3) is 89.0 Å². The van der Waals surface area contributed by atoms with Crippen molar-refractivity contribution < 1.29 is 17.9 Å². The lowest BCUT2D eigenvalue weighted by Crippen LogP contribution is -2.35. The van der Waals surface area contributed by atoms with Crippen molar-refractivity contribution in [3.63, 3.8) is 0 Å². The van der Waals surface area contributed by atoms with E-state index in [1.165, 1.54) is 255 Å². The molecular formula is C104H150N4+4. The second-order valence-electron chi connectivity index (χ2n) is 33.5. The summed E-state index contributed by atoms with van der Waals surface area (Å²) in [6, 6.07) is 91.8. The fraction of sp³-hybridized carbons (Fsp3) is 0.423. The molecule has 10 aromatic rings. The Kier molecular flexibility index (Phi) is 44.0. The second-order valence-corrected chi connectivity index (χ2v) is 33.5. The van der Waals surface area contributed by atoms with Crippen LogP contribution in [0, 0.1) is 13.8 Å². The van der Waals surface area contributed by atoms with E-state index in [4.69, 9.17) is 0 Å². The summed E-state index contributed by atoms with van der Waals surface area (Å²) in [4.78, 5) is 0. The highest BCUT2D eigenvalue weighted by Crippen LogP contribution is 2.49. The molecule has 0 saturated carbocycles. The van der Waals surface area contributed by atoms with Gasteiger partial charge in [-0.2, -0.15) is 0 Å². The van der Waals surface area contributed by atoms with Crippen LogP contribution in [0.2, 0.25) is 0 Å². The highest BCUT2D eigenvalue weighted by Gasteiger charge is 2.23. The SMILES string of the molecule is CC.CCCCCCC[N+](C)(C)C.CCCCCCC[N+](C)(C)C.CCCCCCC[N+](C)(C)C.CCCCCCC[N+](C)(C)C.Cc1ccc(C)cc1.c1ccc(-c2ccc(-c3ccccc3)c(-c3ccc(-c4c(-c5ccccc5)ccc(-c5ccccc5)c4-c4ccccc4)cc3)c2-c2ccccc2)cc1. The van der Waals surface area contributed by atoms with E-state index in [-0.39, 0.29) is 0 Å². The van der Waals surface area contributed by atoms with E-state index >= 15 is 0 Å². The number of hydrogen-bond donors (Lipinski definition) is 0. The topological polar surface area (TPSA) is 0 Å². The predicted molar refractivity (Wildman–Crippen MR) is 484 cm³/mol. The minimum atomic E-state index is 1.12. The molecule has 0 saturated heterocycles. The highest BCUT2D eigenvalue weighted by atomic mass is 15.3. The van der Waals surface area contributed by atoms with Crippen molar-refractivity contribution in [3.8, 4) is 89.0 Å². The molecule has 0 heterocycles. The van der Waals surface area contributed by atoms with Crippen molar-refractivity contribution in [2.24, 2.45) is 0 Å². The van der Waals surface area contributed by atoms with Gasteiger partial charge in [0.2, 0.25) is 0 Å². The Balaban J connectivity index is 0.000000366. The first-order valence-corrected chi connectivity index (χ1v) is 41.9. The molecular weight excluding hydrogens is 1310 g/mol. The normalized spacial score (nSPS) is 11.1. The first-order valence-electron chi connectivity index (χ1n) is 41.9. The number of unbranched alkanes of at least 4 members (excludes halogenated alkanes) is 16. The van der Waals surface area contributed by atoms with E-state index in [0.717, 1.165) is 17.9 Å². The molecule has 582 valence electrons. The number of nitrogens with zero attached hydrogens (tertiary/aromatic N) is 4. The molecule has 0 aliphatic heterocycles. The molecule has 0 radical (unpaired) electrons. The van der Waals surface area contributed by atoms with Gasteiger partial charge < -0.3 is 17.9 Å². The monoisotopic (exact) mass is 1460 g/mol. The van der Waals surface area contributed by atoms with Crippen LogP contribution >= 0.6 is 0 Å². The van der Waals surface area contributed by atoms with E-state index in [1.807, 2.05) is 13.8 Å². The van der Waals surface area contributed by atoms with Crippen LogP contribution in [0.15, 0.2) is 255 Å². The summed E-state index contributed by atoms with van der Waals surface area (Å²) in [5.74, 6) is 0. The predicted octanol–water partition coefficient (Wildman–Crippen LogP) is 29.0. The largest absolute Gasteiger partial charge is 0.331 e. The summed E-state index contributed by atoms with van der Waals surface area (Å²) in [6.45, 7) is 22.5. The Bertz CT molecular complexity index is 3570. The molecule has 0 aromatic heterocycles. The zero-order chi connectivity index (χ0) is 79.1. The third kappa shape index (κ3) is 37.0. The standard InChI is InChI=1S/C54H38.4C10H24N.C8H10.C2H6/c1-7-19-39(20-8-1)47-35-37-49(41-23-11-3-12-24-41)53(51(47)43-27-15-5-16-28-43)45-31-33-46(34-32-45)54-50(42-25-13-4-14-26-42)38-36-48(40-21-9-2-10-22-40)52(54)44-29-17-6-18-30-44;4*1-5-6-7-8-9-10-11(2,3)4;1-7-3-5-8(2)6-4-7;1-2/h1-38H;4*5-10H2,1-4H3;3-6H,1-2H3;1-2H3/q;4*+1;;. The summed E-state index contributed by atoms with van der Waals surface area (Å²) in [6.07, 6.45) is 28.0. The maximum Gasteiger partial charge on any atom is 0.0780 e. The number of hydrogen-bond acceptors (Lipinski definition) is 0. The van der Waals surface area contributed by atoms with Crippen LogP contribution < -0.4 is 0 Å². The third-order valence-corrected chi connectivity index (χ3v) is 19.3. The van der Waals surface area contributed by atoms with Gasteiger partial charge in [-0.1, -0.05) is 385 Å². The molecule has 0 aliphatic carbocycles. The number of rotatable bonds is 32. The average Bonchev–Trinajstić information content (AvgIpc) is 0.756. The minimum Gasteiger partial charge on any atom is -0.331 e. The zero-order valence-electron chi connectivity index (χ0n) is 72.0. The van der Waals surface area contributed by atoms with E-state index in [9.17, 15) is 0 Å². The van der Waals surface area contributed by atoms with Gasteiger partial charge in [-0.05, 0) is 154 Å². The molecule has 10 rings (SSSR count). The highest BCUT2D eigenvalue weighted by molar-refractivity contribution is 6.04. The lowest BCUT2D eigenvalue weighted by molar-refractivity contribution is -0.870. The van der Waals surface area contributed by atoms with Gasteiger partial charge >= 0.3 is 0 Å². The summed E-state index contributed by atoms with van der Waals surface area (Å²) >= 11 is 0. The minimum absolute atomic E-state index is 1.12. The third-order valence-electron chi connectivity index (χ3n) is 19.3. The van der Waals surface area contributed by atoms with Gasteiger partial charge in [-0.3, -0.25) is 0 Å². The second kappa shape index (κ2) is 51.4. The smallest absolute Gasteiger partial charge is 0.0780 e. The quantitative estimate of drug-likeness (QED) is 0.0291. The number of benzene rings is 10. The van der Waals surface area contributed by atoms with Crippen LogP contribution in [0.5, 0.6) is 0 Å². The Morgan fingerprint density at radius 1 is 0.176 bits per heavy atom. The van der Waals surface area contributed by atoms with Gasteiger partial charge in [0, 0.05) is 0 Å². The van der Waals surface area contributed by atoms with Crippen LogP contribution in [0.3, 0.4) is 0 Å². The molecule has 0 atom stereocenters. The lowest BCUT2D eigenvalue weighted by Gasteiger charge is -2.23. The van der Waals surface area contributed by atoms with Crippen molar-refractivity contribution in [1.82, 2.24) is 0 Å². The van der Waals surface area contributed by atoms with Crippen molar-refractivity contribution >= 4 is 0 Å². The molecule has 108 heavy (non-hydrogen) atoms. The fourth-order valence-electron chi connectivity index (χ4n) is 13.2. The Labute approximate surface area is 663 Å². The Morgan fingerprint density at radius 2 is 0.333 bits per heavy atom. The van der Waals surface area contributed by atoms with E-state index in [1.54, 1.807) is 0 Å². The fourth-order valence-corrected chi connectivity index (χ4v) is 13.2. The Hall–Kier alpha value is -7.96. The molecule has 0 N–H and O–H groups in total. The van der Waals surface area contributed by atoms with Crippen LogP contribution in [0.1, 0.15) is 181 Å². The summed E-state index contributed by atoms with van der Waals surface area (Å²) < 4.78 is 4.47. The van der Waals surface area contributed by atoms with Crippen LogP contribution in [-0.4, -0.2) is 129 Å². The van der Waals surface area contributed by atoms with E-state index < -0.39 is 0 Å². The van der Waals surface area contributed by atoms with Gasteiger partial charge in [-0.15, -0.1) is 0 Å². The van der Waals surface area contributed by atoms with Gasteiger partial charge in [0.25, 0.3) is 0 Å². The summed E-state index contributed by atoms with van der Waals surface area (Å²) in [5, 5.41) is 0. The summed E-state index contributed by atoms with van der Waals surface area (Å²) in [5.41, 5.74) is 22.0. The molecule has 0 aliphatic rings. The first-order chi connectivity index (χ1) is 51.9. The molecule has 10 aromatic carbocycles.